The summed E-state index contributed by atoms with van der Waals surface area (Å²) in [5, 5.41) is 12.8. The van der Waals surface area contributed by atoms with Crippen LogP contribution in [0, 0.1) is 6.92 Å². The number of amides is 1. The van der Waals surface area contributed by atoms with E-state index in [1.54, 1.807) is 0 Å². The second-order valence-corrected chi connectivity index (χ2v) is 9.53. The number of imidazole rings is 1. The van der Waals surface area contributed by atoms with Gasteiger partial charge in [-0.15, -0.1) is 10.2 Å². The summed E-state index contributed by atoms with van der Waals surface area (Å²) in [6, 6.07) is 25.7. The summed E-state index contributed by atoms with van der Waals surface area (Å²) in [6.45, 7) is 4.84. The Kier molecular flexibility index (Phi) is 6.86. The molecule has 0 aliphatic rings. The van der Waals surface area contributed by atoms with E-state index in [2.05, 4.69) is 40.0 Å². The molecule has 5 rings (SSSR count). The van der Waals surface area contributed by atoms with Crippen molar-refractivity contribution in [1.82, 2.24) is 29.6 Å². The Labute approximate surface area is 214 Å². The van der Waals surface area contributed by atoms with Crippen LogP contribution < -0.4 is 5.32 Å². The first-order valence-corrected chi connectivity index (χ1v) is 12.9. The molecule has 182 valence electrons. The van der Waals surface area contributed by atoms with Crippen molar-refractivity contribution in [2.45, 2.75) is 31.6 Å². The maximum Gasteiger partial charge on any atom is 0.231 e. The topological polar surface area (TPSA) is 77.6 Å². The summed E-state index contributed by atoms with van der Waals surface area (Å²) in [5.41, 5.74) is 5.10. The molecule has 1 unspecified atom stereocenters. The normalized spacial score (nSPS) is 12.1. The van der Waals surface area contributed by atoms with Gasteiger partial charge in [-0.05, 0) is 37.1 Å². The summed E-state index contributed by atoms with van der Waals surface area (Å²) in [7, 11) is 1.98. The highest BCUT2D eigenvalue weighted by molar-refractivity contribution is 7.99. The van der Waals surface area contributed by atoms with Gasteiger partial charge in [-0.2, -0.15) is 0 Å². The second kappa shape index (κ2) is 10.4. The van der Waals surface area contributed by atoms with Crippen molar-refractivity contribution in [3.8, 4) is 11.4 Å². The predicted molar refractivity (Wildman–Crippen MR) is 144 cm³/mol. The van der Waals surface area contributed by atoms with Crippen LogP contribution in [0.15, 0.2) is 84.0 Å². The number of para-hydroxylation sites is 2. The zero-order chi connectivity index (χ0) is 25.1. The van der Waals surface area contributed by atoms with Gasteiger partial charge in [-0.1, -0.05) is 78.5 Å². The van der Waals surface area contributed by atoms with E-state index >= 15 is 0 Å². The lowest BCUT2D eigenvalue weighted by Gasteiger charge is -2.19. The lowest BCUT2D eigenvalue weighted by molar-refractivity contribution is -0.119. The van der Waals surface area contributed by atoms with Crippen molar-refractivity contribution in [1.29, 1.82) is 0 Å². The summed E-state index contributed by atoms with van der Waals surface area (Å²) in [5.74, 6) is 1.74. The largest absolute Gasteiger partial charge is 0.341 e. The maximum absolute atomic E-state index is 13.2. The van der Waals surface area contributed by atoms with Crippen LogP contribution >= 0.6 is 11.8 Å². The van der Waals surface area contributed by atoms with E-state index in [1.165, 1.54) is 11.8 Å². The lowest BCUT2D eigenvalue weighted by atomic mass is 10.1. The number of hydrogen-bond acceptors (Lipinski definition) is 5. The lowest BCUT2D eigenvalue weighted by Crippen LogP contribution is -2.32. The van der Waals surface area contributed by atoms with E-state index in [4.69, 9.17) is 4.98 Å². The molecule has 1 N–H and O–H groups in total. The SMILES string of the molecule is CCn1c(SCC(=O)NC(c2ccccc2)c2nc3ccccc3n2C)nnc1-c1ccccc1C. The van der Waals surface area contributed by atoms with Gasteiger partial charge in [0.25, 0.3) is 0 Å². The average Bonchev–Trinajstić information content (AvgIpc) is 3.47. The highest BCUT2D eigenvalue weighted by Gasteiger charge is 2.23. The molecule has 3 aromatic carbocycles. The van der Waals surface area contributed by atoms with Crippen LogP contribution in [-0.2, 0) is 18.4 Å². The first-order valence-electron chi connectivity index (χ1n) is 11.9. The van der Waals surface area contributed by atoms with Crippen molar-refractivity contribution in [3.63, 3.8) is 0 Å². The Morgan fingerprint density at radius 2 is 1.69 bits per heavy atom. The van der Waals surface area contributed by atoms with E-state index in [9.17, 15) is 4.79 Å². The Morgan fingerprint density at radius 3 is 2.44 bits per heavy atom. The fraction of sp³-hybridized carbons (Fsp3) is 0.214. The minimum Gasteiger partial charge on any atom is -0.341 e. The van der Waals surface area contributed by atoms with Crippen LogP contribution in [0.2, 0.25) is 0 Å². The molecule has 2 aromatic heterocycles. The molecule has 1 amide bonds. The van der Waals surface area contributed by atoms with Crippen molar-refractivity contribution >= 4 is 28.7 Å². The number of aromatic nitrogens is 5. The van der Waals surface area contributed by atoms with Crippen molar-refractivity contribution in [2.75, 3.05) is 5.75 Å². The molecule has 8 heteroatoms. The molecule has 0 aliphatic carbocycles. The van der Waals surface area contributed by atoms with Gasteiger partial charge in [0.15, 0.2) is 11.0 Å². The molecule has 0 bridgehead atoms. The monoisotopic (exact) mass is 496 g/mol. The van der Waals surface area contributed by atoms with Gasteiger partial charge in [-0.3, -0.25) is 4.79 Å². The number of benzene rings is 3. The Bertz CT molecular complexity index is 1510. The van der Waals surface area contributed by atoms with Gasteiger partial charge in [0.05, 0.1) is 16.8 Å². The number of carbonyl (C=O) groups excluding carboxylic acids is 1. The third-order valence-corrected chi connectivity index (χ3v) is 7.24. The number of rotatable bonds is 8. The third-order valence-electron chi connectivity index (χ3n) is 6.27. The molecule has 0 radical (unpaired) electrons. The molecular formula is C28H28N6OS. The first kappa shape index (κ1) is 23.8. The zero-order valence-electron chi connectivity index (χ0n) is 20.5. The predicted octanol–water partition coefficient (Wildman–Crippen LogP) is 5.16. The van der Waals surface area contributed by atoms with E-state index in [0.717, 1.165) is 44.5 Å². The van der Waals surface area contributed by atoms with Crippen molar-refractivity contribution < 1.29 is 4.79 Å². The molecule has 0 saturated heterocycles. The van der Waals surface area contributed by atoms with Gasteiger partial charge in [-0.25, -0.2) is 4.98 Å². The maximum atomic E-state index is 13.2. The van der Waals surface area contributed by atoms with E-state index in [-0.39, 0.29) is 17.7 Å². The van der Waals surface area contributed by atoms with Crippen molar-refractivity contribution in [2.24, 2.45) is 7.05 Å². The minimum absolute atomic E-state index is 0.0935. The van der Waals surface area contributed by atoms with Crippen LogP contribution in [0.3, 0.4) is 0 Å². The standard InChI is InChI=1S/C28H28N6OS/c1-4-34-26(21-15-9-8-12-19(21)2)31-32-28(34)36-18-24(35)30-25(20-13-6-5-7-14-20)27-29-22-16-10-11-17-23(22)33(27)3/h5-17,25H,4,18H2,1-3H3,(H,30,35). The van der Waals surface area contributed by atoms with E-state index in [1.807, 2.05) is 84.4 Å². The summed E-state index contributed by atoms with van der Waals surface area (Å²) in [4.78, 5) is 18.1. The Balaban J connectivity index is 1.38. The second-order valence-electron chi connectivity index (χ2n) is 8.58. The fourth-order valence-electron chi connectivity index (χ4n) is 4.40. The number of aryl methyl sites for hydroxylation is 2. The summed E-state index contributed by atoms with van der Waals surface area (Å²) < 4.78 is 4.10. The Morgan fingerprint density at radius 1 is 0.972 bits per heavy atom. The smallest absolute Gasteiger partial charge is 0.231 e. The fourth-order valence-corrected chi connectivity index (χ4v) is 5.21. The number of carbonyl (C=O) groups is 1. The van der Waals surface area contributed by atoms with E-state index < -0.39 is 0 Å². The van der Waals surface area contributed by atoms with Gasteiger partial charge in [0.2, 0.25) is 5.91 Å². The molecule has 0 spiro atoms. The zero-order valence-corrected chi connectivity index (χ0v) is 21.4. The Hall–Kier alpha value is -3.91. The third kappa shape index (κ3) is 4.64. The average molecular weight is 497 g/mol. The molecule has 0 aliphatic heterocycles. The van der Waals surface area contributed by atoms with Crippen molar-refractivity contribution in [3.05, 3.63) is 95.8 Å². The molecule has 7 nitrogen and oxygen atoms in total. The van der Waals surface area contributed by atoms with Crippen LogP contribution in [0.1, 0.15) is 29.9 Å². The molecular weight excluding hydrogens is 468 g/mol. The number of thioether (sulfide) groups is 1. The van der Waals surface area contributed by atoms with Crippen LogP contribution in [0.5, 0.6) is 0 Å². The van der Waals surface area contributed by atoms with Gasteiger partial charge in [0, 0.05) is 19.2 Å². The van der Waals surface area contributed by atoms with Gasteiger partial charge >= 0.3 is 0 Å². The van der Waals surface area contributed by atoms with Crippen LogP contribution in [-0.4, -0.2) is 36.0 Å². The minimum atomic E-state index is -0.372. The quantitative estimate of drug-likeness (QED) is 0.300. The molecule has 0 saturated carbocycles. The van der Waals surface area contributed by atoms with Crippen LogP contribution in [0.4, 0.5) is 0 Å². The number of nitrogens with zero attached hydrogens (tertiary/aromatic N) is 5. The van der Waals surface area contributed by atoms with E-state index in [0.29, 0.717) is 6.54 Å². The highest BCUT2D eigenvalue weighted by Crippen LogP contribution is 2.28. The number of hydrogen-bond donors (Lipinski definition) is 1. The number of fused-ring (bicyclic) bond motifs is 1. The van der Waals surface area contributed by atoms with Crippen LogP contribution in [0.25, 0.3) is 22.4 Å². The first-order chi connectivity index (χ1) is 17.6. The molecule has 5 aromatic rings. The molecule has 1 atom stereocenters. The molecule has 36 heavy (non-hydrogen) atoms. The highest BCUT2D eigenvalue weighted by atomic mass is 32.2. The summed E-state index contributed by atoms with van der Waals surface area (Å²) >= 11 is 1.39. The number of nitrogens with one attached hydrogen (secondary N) is 1. The van der Waals surface area contributed by atoms with Gasteiger partial charge in [0.1, 0.15) is 11.9 Å². The van der Waals surface area contributed by atoms with Gasteiger partial charge < -0.3 is 14.5 Å². The molecule has 2 heterocycles. The summed E-state index contributed by atoms with van der Waals surface area (Å²) in [6.07, 6.45) is 0. The molecule has 0 fully saturated rings.